The van der Waals surface area contributed by atoms with Gasteiger partial charge in [0.2, 0.25) is 0 Å². The molecule has 0 saturated heterocycles. The third kappa shape index (κ3) is 3.61. The molecule has 0 bridgehead atoms. The van der Waals surface area contributed by atoms with E-state index in [0.29, 0.717) is 0 Å². The quantitative estimate of drug-likeness (QED) is 0.850. The monoisotopic (exact) mass is 277 g/mol. The van der Waals surface area contributed by atoms with Gasteiger partial charge in [-0.05, 0) is 31.5 Å². The van der Waals surface area contributed by atoms with Gasteiger partial charge in [-0.25, -0.2) is 0 Å². The summed E-state index contributed by atoms with van der Waals surface area (Å²) in [4.78, 5) is 11.7. The summed E-state index contributed by atoms with van der Waals surface area (Å²) >= 11 is 1.69. The summed E-state index contributed by atoms with van der Waals surface area (Å²) < 4.78 is 5.12. The third-order valence-corrected chi connectivity index (χ3v) is 3.88. The highest BCUT2D eigenvalue weighted by atomic mass is 32.2. The fraction of sp³-hybridized carbons (Fsp3) is 0.286. The Hall–Kier alpha value is -1.75. The van der Waals surface area contributed by atoms with E-state index in [1.165, 1.54) is 0 Å². The standard InChI is InChI=1S/C14H15NO3S/c1-9-13(10(2)18-15-9)8-19-12-5-3-11(4-6-12)7-14(16)17/h3-6H,7-8H2,1-2H3,(H,16,17). The van der Waals surface area contributed by atoms with Crippen LogP contribution in [-0.2, 0) is 17.0 Å². The molecule has 0 spiro atoms. The van der Waals surface area contributed by atoms with Crippen LogP contribution in [0, 0.1) is 13.8 Å². The van der Waals surface area contributed by atoms with Crippen LogP contribution in [0.3, 0.4) is 0 Å². The number of carbonyl (C=O) groups is 1. The molecule has 0 amide bonds. The molecule has 0 aliphatic heterocycles. The van der Waals surface area contributed by atoms with E-state index in [1.807, 2.05) is 38.1 Å². The predicted molar refractivity (Wildman–Crippen MR) is 73.3 cm³/mol. The molecule has 1 N–H and O–H groups in total. The number of aryl methyl sites for hydroxylation is 2. The molecule has 2 aromatic rings. The molecule has 1 aromatic carbocycles. The van der Waals surface area contributed by atoms with E-state index in [9.17, 15) is 4.79 Å². The largest absolute Gasteiger partial charge is 0.481 e. The maximum atomic E-state index is 10.6. The van der Waals surface area contributed by atoms with Gasteiger partial charge in [-0.1, -0.05) is 17.3 Å². The van der Waals surface area contributed by atoms with Crippen molar-refractivity contribution in [2.45, 2.75) is 30.9 Å². The Labute approximate surface area is 115 Å². The van der Waals surface area contributed by atoms with Crippen LogP contribution in [0.1, 0.15) is 22.6 Å². The molecule has 0 aliphatic carbocycles. The first-order valence-corrected chi connectivity index (χ1v) is 6.90. The van der Waals surface area contributed by atoms with Crippen molar-refractivity contribution in [3.05, 3.63) is 46.8 Å². The molecule has 1 aromatic heterocycles. The third-order valence-electron chi connectivity index (χ3n) is 2.84. The first-order valence-electron chi connectivity index (χ1n) is 5.91. The number of nitrogens with zero attached hydrogens (tertiary/aromatic N) is 1. The normalized spacial score (nSPS) is 10.6. The van der Waals surface area contributed by atoms with Gasteiger partial charge < -0.3 is 9.63 Å². The smallest absolute Gasteiger partial charge is 0.307 e. The van der Waals surface area contributed by atoms with Crippen LogP contribution in [0.2, 0.25) is 0 Å². The van der Waals surface area contributed by atoms with Gasteiger partial charge in [0.1, 0.15) is 5.76 Å². The molecule has 0 aliphatic rings. The summed E-state index contributed by atoms with van der Waals surface area (Å²) in [6.07, 6.45) is 0.0643. The Morgan fingerprint density at radius 2 is 2.00 bits per heavy atom. The number of carboxylic acids is 1. The molecule has 4 nitrogen and oxygen atoms in total. The van der Waals surface area contributed by atoms with E-state index in [-0.39, 0.29) is 6.42 Å². The number of hydrogen-bond acceptors (Lipinski definition) is 4. The van der Waals surface area contributed by atoms with Crippen molar-refractivity contribution in [1.82, 2.24) is 5.16 Å². The van der Waals surface area contributed by atoms with E-state index in [1.54, 1.807) is 11.8 Å². The minimum absolute atomic E-state index is 0.0643. The summed E-state index contributed by atoms with van der Waals surface area (Å²) in [7, 11) is 0. The lowest BCUT2D eigenvalue weighted by Gasteiger charge is -2.03. The molecule has 0 radical (unpaired) electrons. The van der Waals surface area contributed by atoms with Crippen LogP contribution in [0.15, 0.2) is 33.7 Å². The summed E-state index contributed by atoms with van der Waals surface area (Å²) in [5, 5.41) is 12.6. The van der Waals surface area contributed by atoms with Crippen molar-refractivity contribution in [2.24, 2.45) is 0 Å². The van der Waals surface area contributed by atoms with Crippen molar-refractivity contribution in [3.63, 3.8) is 0 Å². The Bertz CT molecular complexity index is 555. The number of aliphatic carboxylic acids is 1. The lowest BCUT2D eigenvalue weighted by Crippen LogP contribution is -1.99. The van der Waals surface area contributed by atoms with Gasteiger partial charge in [-0.15, -0.1) is 11.8 Å². The van der Waals surface area contributed by atoms with E-state index >= 15 is 0 Å². The Kier molecular flexibility index (Phi) is 4.27. The zero-order chi connectivity index (χ0) is 13.8. The molecule has 19 heavy (non-hydrogen) atoms. The summed E-state index contributed by atoms with van der Waals surface area (Å²) in [5.74, 6) is 0.850. The van der Waals surface area contributed by atoms with Crippen LogP contribution in [-0.4, -0.2) is 16.2 Å². The van der Waals surface area contributed by atoms with Crippen molar-refractivity contribution < 1.29 is 14.4 Å². The summed E-state index contributed by atoms with van der Waals surface area (Å²) in [6, 6.07) is 7.59. The predicted octanol–water partition coefficient (Wildman–Crippen LogP) is 3.21. The Morgan fingerprint density at radius 1 is 1.32 bits per heavy atom. The number of aromatic nitrogens is 1. The van der Waals surface area contributed by atoms with Gasteiger partial charge >= 0.3 is 5.97 Å². The number of benzene rings is 1. The Balaban J connectivity index is 1.98. The van der Waals surface area contributed by atoms with Gasteiger partial charge in [0.15, 0.2) is 0 Å². The van der Waals surface area contributed by atoms with Crippen molar-refractivity contribution >= 4 is 17.7 Å². The van der Waals surface area contributed by atoms with Crippen molar-refractivity contribution in [2.75, 3.05) is 0 Å². The van der Waals surface area contributed by atoms with Gasteiger partial charge in [-0.3, -0.25) is 4.79 Å². The number of rotatable bonds is 5. The first-order chi connectivity index (χ1) is 9.06. The van der Waals surface area contributed by atoms with Gasteiger partial charge in [0, 0.05) is 16.2 Å². The van der Waals surface area contributed by atoms with Crippen LogP contribution in [0.4, 0.5) is 0 Å². The number of hydrogen-bond donors (Lipinski definition) is 1. The van der Waals surface area contributed by atoms with Crippen molar-refractivity contribution in [3.8, 4) is 0 Å². The SMILES string of the molecule is Cc1noc(C)c1CSc1ccc(CC(=O)O)cc1. The maximum absolute atomic E-state index is 10.6. The first kappa shape index (κ1) is 13.7. The van der Waals surface area contributed by atoms with Gasteiger partial charge in [0.25, 0.3) is 0 Å². The highest BCUT2D eigenvalue weighted by molar-refractivity contribution is 7.98. The van der Waals surface area contributed by atoms with E-state index in [0.717, 1.165) is 33.2 Å². The fourth-order valence-corrected chi connectivity index (χ4v) is 2.79. The highest BCUT2D eigenvalue weighted by Crippen LogP contribution is 2.26. The van der Waals surface area contributed by atoms with Gasteiger partial charge in [0.05, 0.1) is 12.1 Å². The topological polar surface area (TPSA) is 63.3 Å². The molecule has 100 valence electrons. The number of thioether (sulfide) groups is 1. The van der Waals surface area contributed by atoms with E-state index in [4.69, 9.17) is 9.63 Å². The zero-order valence-electron chi connectivity index (χ0n) is 10.8. The zero-order valence-corrected chi connectivity index (χ0v) is 11.7. The molecule has 0 fully saturated rings. The van der Waals surface area contributed by atoms with Crippen LogP contribution < -0.4 is 0 Å². The van der Waals surface area contributed by atoms with Crippen LogP contribution in [0.5, 0.6) is 0 Å². The molecule has 2 rings (SSSR count). The maximum Gasteiger partial charge on any atom is 0.307 e. The minimum Gasteiger partial charge on any atom is -0.481 e. The highest BCUT2D eigenvalue weighted by Gasteiger charge is 2.09. The van der Waals surface area contributed by atoms with Crippen LogP contribution >= 0.6 is 11.8 Å². The van der Waals surface area contributed by atoms with Gasteiger partial charge in [-0.2, -0.15) is 0 Å². The molecule has 0 saturated carbocycles. The molecular formula is C14H15NO3S. The minimum atomic E-state index is -0.809. The molecule has 0 unspecified atom stereocenters. The average Bonchev–Trinajstić information content (AvgIpc) is 2.68. The second kappa shape index (κ2) is 5.93. The summed E-state index contributed by atoms with van der Waals surface area (Å²) in [6.45, 7) is 3.84. The average molecular weight is 277 g/mol. The number of carboxylic acid groups (broad SMARTS) is 1. The molecule has 0 atom stereocenters. The Morgan fingerprint density at radius 3 is 2.53 bits per heavy atom. The fourth-order valence-electron chi connectivity index (χ4n) is 1.74. The van der Waals surface area contributed by atoms with E-state index in [2.05, 4.69) is 5.16 Å². The molecular weight excluding hydrogens is 262 g/mol. The lowest BCUT2D eigenvalue weighted by molar-refractivity contribution is -0.136. The van der Waals surface area contributed by atoms with E-state index < -0.39 is 5.97 Å². The van der Waals surface area contributed by atoms with Crippen molar-refractivity contribution in [1.29, 1.82) is 0 Å². The lowest BCUT2D eigenvalue weighted by atomic mass is 10.2. The molecule has 5 heteroatoms. The van der Waals surface area contributed by atoms with Crippen LogP contribution in [0.25, 0.3) is 0 Å². The second-order valence-electron chi connectivity index (χ2n) is 4.31. The molecule has 1 heterocycles. The summed E-state index contributed by atoms with van der Waals surface area (Å²) in [5.41, 5.74) is 2.86. The second-order valence-corrected chi connectivity index (χ2v) is 5.35.